The molecule has 3 rings (SSSR count). The first-order chi connectivity index (χ1) is 14.9. The number of carbonyl (C=O) groups is 1. The van der Waals surface area contributed by atoms with Gasteiger partial charge in [0.2, 0.25) is 15.9 Å². The van der Waals surface area contributed by atoms with Crippen LogP contribution in [0, 0.1) is 12.8 Å². The predicted octanol–water partition coefficient (Wildman–Crippen LogP) is 3.20. The third-order valence-electron chi connectivity index (χ3n) is 5.54. The number of nitrogens with zero attached hydrogens (tertiary/aromatic N) is 2. The van der Waals surface area contributed by atoms with E-state index in [2.05, 4.69) is 16.2 Å². The highest BCUT2D eigenvalue weighted by atomic mass is 32.2. The molecule has 0 aliphatic carbocycles. The molecule has 0 aromatic heterocycles. The molecule has 1 heterocycles. The van der Waals surface area contributed by atoms with E-state index in [-0.39, 0.29) is 16.7 Å². The van der Waals surface area contributed by atoms with Crippen molar-refractivity contribution in [3.63, 3.8) is 0 Å². The van der Waals surface area contributed by atoms with E-state index in [1.165, 1.54) is 0 Å². The number of piperidine rings is 1. The van der Waals surface area contributed by atoms with Gasteiger partial charge < -0.3 is 4.90 Å². The lowest BCUT2D eigenvalue weighted by Gasteiger charge is -2.33. The summed E-state index contributed by atoms with van der Waals surface area (Å²) in [5, 5.41) is 0. The van der Waals surface area contributed by atoms with Crippen molar-refractivity contribution in [1.29, 1.82) is 0 Å². The molecule has 0 saturated carbocycles. The Morgan fingerprint density at radius 3 is 2.58 bits per heavy atom. The van der Waals surface area contributed by atoms with Gasteiger partial charge in [-0.15, -0.1) is 6.58 Å². The zero-order valence-corrected chi connectivity index (χ0v) is 18.9. The van der Waals surface area contributed by atoms with E-state index in [4.69, 9.17) is 0 Å². The number of carbonyl (C=O) groups excluding carboxylic acids is 1. The van der Waals surface area contributed by atoms with E-state index >= 15 is 0 Å². The summed E-state index contributed by atoms with van der Waals surface area (Å²) in [6.07, 6.45) is 3.61. The summed E-state index contributed by atoms with van der Waals surface area (Å²) in [6.45, 7) is 8.36. The second-order valence-corrected chi connectivity index (χ2v) is 9.80. The van der Waals surface area contributed by atoms with Gasteiger partial charge in [-0.1, -0.05) is 42.0 Å². The van der Waals surface area contributed by atoms with Gasteiger partial charge >= 0.3 is 0 Å². The lowest BCUT2D eigenvalue weighted by molar-refractivity contribution is -0.120. The molecule has 1 aliphatic rings. The zero-order valence-electron chi connectivity index (χ0n) is 18.0. The maximum Gasteiger partial charge on any atom is 0.241 e. The molecule has 0 radical (unpaired) electrons. The van der Waals surface area contributed by atoms with Crippen molar-refractivity contribution >= 4 is 21.6 Å². The van der Waals surface area contributed by atoms with Crippen LogP contribution >= 0.6 is 0 Å². The summed E-state index contributed by atoms with van der Waals surface area (Å²) in [4.78, 5) is 17.1. The molecule has 1 fully saturated rings. The molecule has 1 N–H and O–H groups in total. The summed E-state index contributed by atoms with van der Waals surface area (Å²) in [5.41, 5.74) is 1.87. The van der Waals surface area contributed by atoms with Crippen LogP contribution in [-0.2, 0) is 14.8 Å². The lowest BCUT2D eigenvalue weighted by atomic mass is 9.98. The first-order valence-electron chi connectivity index (χ1n) is 10.6. The molecule has 2 aromatic carbocycles. The topological polar surface area (TPSA) is 69.7 Å². The van der Waals surface area contributed by atoms with Gasteiger partial charge in [0.25, 0.3) is 0 Å². The molecule has 31 heavy (non-hydrogen) atoms. The fourth-order valence-electron chi connectivity index (χ4n) is 3.85. The Bertz CT molecular complexity index is 975. The minimum atomic E-state index is -3.53. The number of para-hydroxylation sites is 1. The maximum atomic E-state index is 13.0. The van der Waals surface area contributed by atoms with Crippen molar-refractivity contribution in [3.05, 3.63) is 72.8 Å². The van der Waals surface area contributed by atoms with Crippen LogP contribution in [0.3, 0.4) is 0 Å². The average Bonchev–Trinajstić information content (AvgIpc) is 2.77. The van der Waals surface area contributed by atoms with Gasteiger partial charge in [0.05, 0.1) is 11.4 Å². The minimum absolute atomic E-state index is 0.0204. The van der Waals surface area contributed by atoms with Crippen molar-refractivity contribution in [1.82, 2.24) is 9.62 Å². The Labute approximate surface area is 185 Å². The molecule has 1 aliphatic heterocycles. The largest absolute Gasteiger partial charge is 0.308 e. The first kappa shape index (κ1) is 23.2. The molecule has 0 bridgehead atoms. The van der Waals surface area contributed by atoms with E-state index in [0.29, 0.717) is 26.2 Å². The third-order valence-corrected chi connectivity index (χ3v) is 6.98. The molecule has 1 amide bonds. The van der Waals surface area contributed by atoms with E-state index < -0.39 is 10.0 Å². The molecule has 1 atom stereocenters. The van der Waals surface area contributed by atoms with Crippen molar-refractivity contribution in [3.8, 4) is 0 Å². The number of hydrogen-bond acceptors (Lipinski definition) is 4. The smallest absolute Gasteiger partial charge is 0.241 e. The van der Waals surface area contributed by atoms with Crippen LogP contribution in [-0.4, -0.2) is 51.9 Å². The monoisotopic (exact) mass is 441 g/mol. The second kappa shape index (κ2) is 10.7. The summed E-state index contributed by atoms with van der Waals surface area (Å²) in [6, 6.07) is 16.4. The number of amides is 1. The summed E-state index contributed by atoms with van der Waals surface area (Å²) < 4.78 is 27.9. The van der Waals surface area contributed by atoms with Gasteiger partial charge in [-0.3, -0.25) is 9.69 Å². The van der Waals surface area contributed by atoms with Gasteiger partial charge in [-0.2, -0.15) is 0 Å². The van der Waals surface area contributed by atoms with Crippen LogP contribution in [0.15, 0.2) is 72.1 Å². The van der Waals surface area contributed by atoms with Crippen LogP contribution in [0.2, 0.25) is 0 Å². The van der Waals surface area contributed by atoms with Gasteiger partial charge in [0.1, 0.15) is 0 Å². The molecule has 2 aromatic rings. The number of sulfonamides is 1. The van der Waals surface area contributed by atoms with E-state index in [1.807, 2.05) is 37.3 Å². The fraction of sp³-hybridized carbons (Fsp3) is 0.375. The number of nitrogens with one attached hydrogen (secondary N) is 1. The zero-order chi connectivity index (χ0) is 22.3. The molecule has 6 nitrogen and oxygen atoms in total. The van der Waals surface area contributed by atoms with Gasteiger partial charge in [0, 0.05) is 25.3 Å². The Kier molecular flexibility index (Phi) is 8.01. The normalized spacial score (nSPS) is 17.3. The quantitative estimate of drug-likeness (QED) is 0.607. The summed E-state index contributed by atoms with van der Waals surface area (Å²) in [5.74, 6) is 0.193. The van der Waals surface area contributed by atoms with Crippen molar-refractivity contribution < 1.29 is 13.2 Å². The highest BCUT2D eigenvalue weighted by Crippen LogP contribution is 2.19. The van der Waals surface area contributed by atoms with E-state index in [9.17, 15) is 13.2 Å². The summed E-state index contributed by atoms with van der Waals surface area (Å²) in [7, 11) is -3.53. The van der Waals surface area contributed by atoms with Gasteiger partial charge in [-0.05, 0) is 56.5 Å². The molecule has 7 heteroatoms. The number of rotatable bonds is 9. The number of aryl methyl sites for hydroxylation is 1. The Morgan fingerprint density at radius 2 is 1.90 bits per heavy atom. The van der Waals surface area contributed by atoms with Crippen molar-refractivity contribution in [2.45, 2.75) is 24.7 Å². The highest BCUT2D eigenvalue weighted by molar-refractivity contribution is 7.89. The Hall–Kier alpha value is -2.48. The SMILES string of the molecule is C=CCN(C(=O)CN1CCCC(CNS(=O)(=O)c2ccc(C)cc2)C1)c1ccccc1. The molecular formula is C24H31N3O3S. The first-order valence-corrected chi connectivity index (χ1v) is 12.1. The maximum absolute atomic E-state index is 13.0. The molecule has 0 spiro atoms. The number of anilines is 1. The number of benzene rings is 2. The number of hydrogen-bond donors (Lipinski definition) is 1. The molecule has 1 unspecified atom stereocenters. The summed E-state index contributed by atoms with van der Waals surface area (Å²) >= 11 is 0. The third kappa shape index (κ3) is 6.50. The molecular weight excluding hydrogens is 410 g/mol. The highest BCUT2D eigenvalue weighted by Gasteiger charge is 2.25. The Balaban J connectivity index is 1.56. The standard InChI is InChI=1S/C24H31N3O3S/c1-3-15-27(22-9-5-4-6-10-22)24(28)19-26-16-7-8-21(18-26)17-25-31(29,30)23-13-11-20(2)12-14-23/h3-6,9-14,21,25H,1,7-8,15-19H2,2H3. The van der Waals surface area contributed by atoms with E-state index in [1.54, 1.807) is 35.2 Å². The Morgan fingerprint density at radius 1 is 1.19 bits per heavy atom. The fourth-order valence-corrected chi connectivity index (χ4v) is 4.97. The molecule has 166 valence electrons. The van der Waals surface area contributed by atoms with E-state index in [0.717, 1.165) is 30.6 Å². The van der Waals surface area contributed by atoms with Gasteiger partial charge in [0.15, 0.2) is 0 Å². The minimum Gasteiger partial charge on any atom is -0.308 e. The van der Waals surface area contributed by atoms with Crippen LogP contribution in [0.25, 0.3) is 0 Å². The van der Waals surface area contributed by atoms with Crippen LogP contribution in [0.5, 0.6) is 0 Å². The predicted molar refractivity (Wildman–Crippen MR) is 125 cm³/mol. The van der Waals surface area contributed by atoms with Crippen LogP contribution in [0.1, 0.15) is 18.4 Å². The van der Waals surface area contributed by atoms with Gasteiger partial charge in [-0.25, -0.2) is 13.1 Å². The van der Waals surface area contributed by atoms with Crippen molar-refractivity contribution in [2.75, 3.05) is 37.6 Å². The number of likely N-dealkylation sites (tertiary alicyclic amines) is 1. The van der Waals surface area contributed by atoms with Crippen LogP contribution in [0.4, 0.5) is 5.69 Å². The van der Waals surface area contributed by atoms with Crippen molar-refractivity contribution in [2.24, 2.45) is 5.92 Å². The lowest BCUT2D eigenvalue weighted by Crippen LogP contribution is -2.46. The average molecular weight is 442 g/mol. The van der Waals surface area contributed by atoms with Crippen LogP contribution < -0.4 is 9.62 Å². The molecule has 1 saturated heterocycles. The second-order valence-electron chi connectivity index (χ2n) is 8.04.